The monoisotopic (exact) mass is 229 g/mol. The molecule has 1 aromatic heterocycles. The fourth-order valence-electron chi connectivity index (χ4n) is 2.13. The lowest BCUT2D eigenvalue weighted by Crippen LogP contribution is -1.83. The van der Waals surface area contributed by atoms with Crippen molar-refractivity contribution in [1.29, 1.82) is 0 Å². The number of rotatable bonds is 1. The zero-order valence-corrected chi connectivity index (χ0v) is 9.19. The zero-order valence-electron chi connectivity index (χ0n) is 9.19. The number of ether oxygens (including phenoxy) is 1. The molecule has 86 valence electrons. The Bertz CT molecular complexity index is 715. The number of aromatic amines is 1. The molecule has 0 aliphatic heterocycles. The van der Waals surface area contributed by atoms with E-state index in [9.17, 15) is 10.2 Å². The Labute approximate surface area is 97.1 Å². The minimum Gasteiger partial charge on any atom is -0.508 e. The van der Waals surface area contributed by atoms with E-state index in [0.29, 0.717) is 5.75 Å². The van der Waals surface area contributed by atoms with Crippen LogP contribution >= 0.6 is 0 Å². The van der Waals surface area contributed by atoms with Gasteiger partial charge in [0.15, 0.2) is 0 Å². The molecule has 0 bridgehead atoms. The van der Waals surface area contributed by atoms with Gasteiger partial charge in [-0.1, -0.05) is 0 Å². The molecule has 3 N–H and O–H groups in total. The van der Waals surface area contributed by atoms with Gasteiger partial charge >= 0.3 is 0 Å². The van der Waals surface area contributed by atoms with Crippen LogP contribution in [0.15, 0.2) is 30.3 Å². The molecule has 4 heteroatoms. The first-order valence-electron chi connectivity index (χ1n) is 5.20. The maximum atomic E-state index is 9.57. The van der Waals surface area contributed by atoms with E-state index < -0.39 is 0 Å². The van der Waals surface area contributed by atoms with Gasteiger partial charge in [-0.15, -0.1) is 0 Å². The van der Waals surface area contributed by atoms with Crippen molar-refractivity contribution in [2.24, 2.45) is 0 Å². The highest BCUT2D eigenvalue weighted by atomic mass is 16.5. The highest BCUT2D eigenvalue weighted by molar-refractivity contribution is 6.11. The summed E-state index contributed by atoms with van der Waals surface area (Å²) >= 11 is 0. The molecule has 3 rings (SSSR count). The maximum Gasteiger partial charge on any atom is 0.132 e. The first kappa shape index (κ1) is 9.84. The molecule has 0 radical (unpaired) electrons. The number of H-pyrrole nitrogens is 1. The van der Waals surface area contributed by atoms with E-state index >= 15 is 0 Å². The van der Waals surface area contributed by atoms with Gasteiger partial charge < -0.3 is 19.9 Å². The summed E-state index contributed by atoms with van der Waals surface area (Å²) in [5.74, 6) is 0.926. The maximum absolute atomic E-state index is 9.57. The number of phenols is 2. The standard InChI is InChI=1S/C13H11NO3/c1-17-12-6-8(16)5-11-13(12)9-4-7(15)2-3-10(9)14-11/h2-6,14-16H,1H3. The number of hydrogen-bond donors (Lipinski definition) is 3. The molecule has 4 nitrogen and oxygen atoms in total. The second-order valence-electron chi connectivity index (χ2n) is 3.93. The highest BCUT2D eigenvalue weighted by Gasteiger charge is 2.11. The molecule has 0 fully saturated rings. The molecule has 0 saturated heterocycles. The quantitative estimate of drug-likeness (QED) is 0.601. The van der Waals surface area contributed by atoms with Crippen molar-refractivity contribution in [3.8, 4) is 17.2 Å². The van der Waals surface area contributed by atoms with Gasteiger partial charge in [0, 0.05) is 28.4 Å². The lowest BCUT2D eigenvalue weighted by molar-refractivity contribution is 0.413. The van der Waals surface area contributed by atoms with Gasteiger partial charge in [0.25, 0.3) is 0 Å². The number of nitrogens with one attached hydrogen (secondary N) is 1. The molecule has 0 aliphatic carbocycles. The van der Waals surface area contributed by atoms with Gasteiger partial charge in [0.1, 0.15) is 17.2 Å². The molecule has 3 aromatic rings. The van der Waals surface area contributed by atoms with E-state index in [1.54, 1.807) is 37.4 Å². The third-order valence-corrected chi connectivity index (χ3v) is 2.85. The molecule has 0 amide bonds. The highest BCUT2D eigenvalue weighted by Crippen LogP contribution is 2.37. The predicted octanol–water partition coefficient (Wildman–Crippen LogP) is 2.74. The van der Waals surface area contributed by atoms with Crippen LogP contribution in [0.5, 0.6) is 17.2 Å². The van der Waals surface area contributed by atoms with Crippen molar-refractivity contribution < 1.29 is 14.9 Å². The largest absolute Gasteiger partial charge is 0.508 e. The molecular formula is C13H11NO3. The number of fused-ring (bicyclic) bond motifs is 3. The van der Waals surface area contributed by atoms with Crippen LogP contribution in [-0.4, -0.2) is 22.3 Å². The molecule has 0 spiro atoms. The van der Waals surface area contributed by atoms with Crippen LogP contribution in [0.2, 0.25) is 0 Å². The first-order chi connectivity index (χ1) is 8.19. The molecule has 0 unspecified atom stereocenters. The summed E-state index contributed by atoms with van der Waals surface area (Å²) < 4.78 is 5.25. The average Bonchev–Trinajstić information content (AvgIpc) is 2.65. The van der Waals surface area contributed by atoms with Crippen LogP contribution in [0.4, 0.5) is 0 Å². The molecule has 17 heavy (non-hydrogen) atoms. The Morgan fingerprint density at radius 3 is 2.59 bits per heavy atom. The predicted molar refractivity (Wildman–Crippen MR) is 65.7 cm³/mol. The van der Waals surface area contributed by atoms with E-state index in [4.69, 9.17) is 4.74 Å². The lowest BCUT2D eigenvalue weighted by atomic mass is 10.1. The summed E-state index contributed by atoms with van der Waals surface area (Å²) in [5.41, 5.74) is 1.67. The number of benzene rings is 2. The average molecular weight is 229 g/mol. The van der Waals surface area contributed by atoms with E-state index in [-0.39, 0.29) is 11.5 Å². The van der Waals surface area contributed by atoms with Crippen molar-refractivity contribution in [1.82, 2.24) is 4.98 Å². The van der Waals surface area contributed by atoms with Crippen LogP contribution in [0.1, 0.15) is 0 Å². The van der Waals surface area contributed by atoms with Gasteiger partial charge in [0.2, 0.25) is 0 Å². The first-order valence-corrected chi connectivity index (χ1v) is 5.20. The zero-order chi connectivity index (χ0) is 12.0. The molecule has 0 atom stereocenters. The third kappa shape index (κ3) is 1.38. The molecule has 0 aliphatic rings. The van der Waals surface area contributed by atoms with Crippen LogP contribution < -0.4 is 4.74 Å². The number of aromatic hydroxyl groups is 2. The number of phenolic OH excluding ortho intramolecular Hbond substituents is 2. The summed E-state index contributed by atoms with van der Waals surface area (Å²) in [5, 5.41) is 20.8. The number of methoxy groups -OCH3 is 1. The van der Waals surface area contributed by atoms with Gasteiger partial charge in [-0.2, -0.15) is 0 Å². The van der Waals surface area contributed by atoms with Crippen molar-refractivity contribution in [3.05, 3.63) is 30.3 Å². The van der Waals surface area contributed by atoms with Crippen LogP contribution in [0.25, 0.3) is 21.8 Å². The van der Waals surface area contributed by atoms with Crippen LogP contribution in [0, 0.1) is 0 Å². The molecule has 0 saturated carbocycles. The minimum absolute atomic E-state index is 0.144. The Kier molecular flexibility index (Phi) is 1.92. The SMILES string of the molecule is COc1cc(O)cc2[nH]c3ccc(O)cc3c12. The van der Waals surface area contributed by atoms with Crippen molar-refractivity contribution in [3.63, 3.8) is 0 Å². The number of hydrogen-bond acceptors (Lipinski definition) is 3. The third-order valence-electron chi connectivity index (χ3n) is 2.85. The van der Waals surface area contributed by atoms with Crippen molar-refractivity contribution in [2.45, 2.75) is 0 Å². The summed E-state index contributed by atoms with van der Waals surface area (Å²) in [6.07, 6.45) is 0. The lowest BCUT2D eigenvalue weighted by Gasteiger charge is -2.03. The molecule has 1 heterocycles. The normalized spacial score (nSPS) is 11.1. The van der Waals surface area contributed by atoms with Gasteiger partial charge in [0.05, 0.1) is 12.6 Å². The van der Waals surface area contributed by atoms with Gasteiger partial charge in [-0.3, -0.25) is 0 Å². The summed E-state index contributed by atoms with van der Waals surface area (Å²) in [7, 11) is 1.55. The van der Waals surface area contributed by atoms with Gasteiger partial charge in [-0.25, -0.2) is 0 Å². The van der Waals surface area contributed by atoms with Crippen LogP contribution in [-0.2, 0) is 0 Å². The van der Waals surface area contributed by atoms with Crippen molar-refractivity contribution >= 4 is 21.8 Å². The summed E-state index contributed by atoms with van der Waals surface area (Å²) in [6, 6.07) is 8.27. The fourth-order valence-corrected chi connectivity index (χ4v) is 2.13. The fraction of sp³-hybridized carbons (Fsp3) is 0.0769. The topological polar surface area (TPSA) is 65.5 Å². The summed E-state index contributed by atoms with van der Waals surface area (Å²) in [6.45, 7) is 0. The smallest absolute Gasteiger partial charge is 0.132 e. The minimum atomic E-state index is 0.144. The molecule has 2 aromatic carbocycles. The van der Waals surface area contributed by atoms with E-state index in [1.807, 2.05) is 0 Å². The number of aromatic nitrogens is 1. The summed E-state index contributed by atoms with van der Waals surface area (Å²) in [4.78, 5) is 3.17. The van der Waals surface area contributed by atoms with E-state index in [0.717, 1.165) is 21.8 Å². The molecular weight excluding hydrogens is 218 g/mol. The second kappa shape index (κ2) is 3.31. The van der Waals surface area contributed by atoms with Gasteiger partial charge in [-0.05, 0) is 18.2 Å². The van der Waals surface area contributed by atoms with E-state index in [1.165, 1.54) is 0 Å². The Hall–Kier alpha value is -2.36. The Morgan fingerprint density at radius 2 is 1.82 bits per heavy atom. The van der Waals surface area contributed by atoms with Crippen LogP contribution in [0.3, 0.4) is 0 Å². The Balaban J connectivity index is 2.53. The Morgan fingerprint density at radius 1 is 1.00 bits per heavy atom. The van der Waals surface area contributed by atoms with E-state index in [2.05, 4.69) is 4.98 Å². The second-order valence-corrected chi connectivity index (χ2v) is 3.93. The van der Waals surface area contributed by atoms with Crippen molar-refractivity contribution in [2.75, 3.05) is 7.11 Å².